The van der Waals surface area contributed by atoms with Gasteiger partial charge in [0.2, 0.25) is 10.0 Å². The molecule has 1 N–H and O–H groups in total. The number of ether oxygens (including phenoxy) is 2. The van der Waals surface area contributed by atoms with Gasteiger partial charge in [-0.05, 0) is 42.0 Å². The van der Waals surface area contributed by atoms with Crippen LogP contribution in [0.2, 0.25) is 0 Å². The van der Waals surface area contributed by atoms with Gasteiger partial charge in [-0.2, -0.15) is 0 Å². The van der Waals surface area contributed by atoms with Crippen molar-refractivity contribution >= 4 is 21.6 Å². The van der Waals surface area contributed by atoms with Crippen LogP contribution in [0.15, 0.2) is 66.7 Å². The molecular formula is C24H24F2N2O5S. The summed E-state index contributed by atoms with van der Waals surface area (Å²) in [6.07, 6.45) is 0.869. The van der Waals surface area contributed by atoms with E-state index in [2.05, 4.69) is 5.32 Å². The molecule has 180 valence electrons. The van der Waals surface area contributed by atoms with E-state index in [0.717, 1.165) is 24.5 Å². The van der Waals surface area contributed by atoms with Gasteiger partial charge >= 0.3 is 0 Å². The van der Waals surface area contributed by atoms with Crippen LogP contribution in [-0.2, 0) is 16.6 Å². The van der Waals surface area contributed by atoms with Crippen molar-refractivity contribution in [3.05, 3.63) is 89.5 Å². The minimum absolute atomic E-state index is 0.224. The van der Waals surface area contributed by atoms with Crippen LogP contribution in [0.3, 0.4) is 0 Å². The molecule has 0 atom stereocenters. The van der Waals surface area contributed by atoms with Gasteiger partial charge in [-0.1, -0.05) is 30.3 Å². The zero-order valence-corrected chi connectivity index (χ0v) is 19.4. The van der Waals surface area contributed by atoms with E-state index in [1.54, 1.807) is 12.1 Å². The standard InChI is InChI=1S/C24H24F2N2O5S/c1-32-21-8-3-4-9-22(21)33-15-14-27-24(29)18-12-10-17(11-13-18)16-28(34(2,30)31)23-19(25)6-5-7-20(23)26/h3-13H,14-16H2,1-2H3,(H,27,29). The monoisotopic (exact) mass is 490 g/mol. The number of benzene rings is 3. The number of sulfonamides is 1. The van der Waals surface area contributed by atoms with E-state index in [0.29, 0.717) is 26.9 Å². The number of carbonyl (C=O) groups is 1. The Balaban J connectivity index is 1.62. The Morgan fingerprint density at radius 2 is 1.56 bits per heavy atom. The maximum absolute atomic E-state index is 14.2. The second-order valence-corrected chi connectivity index (χ2v) is 9.20. The number of anilines is 1. The molecule has 0 unspecified atom stereocenters. The summed E-state index contributed by atoms with van der Waals surface area (Å²) >= 11 is 0. The number of methoxy groups -OCH3 is 1. The highest BCUT2D eigenvalue weighted by molar-refractivity contribution is 7.92. The molecule has 34 heavy (non-hydrogen) atoms. The number of hydrogen-bond donors (Lipinski definition) is 1. The third-order valence-corrected chi connectivity index (χ3v) is 5.96. The van der Waals surface area contributed by atoms with Gasteiger partial charge in [-0.15, -0.1) is 0 Å². The molecule has 10 heteroatoms. The maximum atomic E-state index is 14.2. The molecule has 0 aliphatic rings. The Kier molecular flexibility index (Phi) is 8.06. The van der Waals surface area contributed by atoms with Crippen LogP contribution < -0.4 is 19.1 Å². The van der Waals surface area contributed by atoms with Crippen molar-refractivity contribution < 1.29 is 31.5 Å². The highest BCUT2D eigenvalue weighted by Gasteiger charge is 2.24. The third kappa shape index (κ3) is 6.22. The largest absolute Gasteiger partial charge is 0.493 e. The minimum atomic E-state index is -3.98. The van der Waals surface area contributed by atoms with Crippen molar-refractivity contribution in [2.75, 3.05) is 30.8 Å². The summed E-state index contributed by atoms with van der Waals surface area (Å²) in [5.74, 6) is -1.18. The number of hydrogen-bond acceptors (Lipinski definition) is 5. The lowest BCUT2D eigenvalue weighted by molar-refractivity contribution is 0.0946. The summed E-state index contributed by atoms with van der Waals surface area (Å²) in [6.45, 7) is 0.167. The molecule has 0 aliphatic carbocycles. The van der Waals surface area contributed by atoms with Crippen LogP contribution in [0.1, 0.15) is 15.9 Å². The van der Waals surface area contributed by atoms with Gasteiger partial charge in [0.05, 0.1) is 26.5 Å². The lowest BCUT2D eigenvalue weighted by Crippen LogP contribution is -2.31. The first-order valence-electron chi connectivity index (χ1n) is 10.3. The predicted molar refractivity (Wildman–Crippen MR) is 125 cm³/mol. The van der Waals surface area contributed by atoms with Crippen molar-refractivity contribution in [3.8, 4) is 11.5 Å². The number of amides is 1. The molecular weight excluding hydrogens is 466 g/mol. The smallest absolute Gasteiger partial charge is 0.251 e. The number of nitrogens with zero attached hydrogens (tertiary/aromatic N) is 1. The van der Waals surface area contributed by atoms with Crippen LogP contribution in [0.25, 0.3) is 0 Å². The van der Waals surface area contributed by atoms with Gasteiger partial charge in [0, 0.05) is 5.56 Å². The quantitative estimate of drug-likeness (QED) is 0.438. The highest BCUT2D eigenvalue weighted by Crippen LogP contribution is 2.27. The van der Waals surface area contributed by atoms with Crippen molar-refractivity contribution in [3.63, 3.8) is 0 Å². The Morgan fingerprint density at radius 3 is 2.15 bits per heavy atom. The molecule has 0 radical (unpaired) electrons. The normalized spacial score (nSPS) is 11.1. The summed E-state index contributed by atoms with van der Waals surface area (Å²) in [5, 5.41) is 2.72. The molecule has 0 heterocycles. The summed E-state index contributed by atoms with van der Waals surface area (Å²) < 4.78 is 64.3. The molecule has 0 saturated heterocycles. The second-order valence-electron chi connectivity index (χ2n) is 7.29. The average molecular weight is 491 g/mol. The van der Waals surface area contributed by atoms with E-state index < -0.39 is 27.3 Å². The van der Waals surface area contributed by atoms with E-state index in [1.807, 2.05) is 12.1 Å². The number of carbonyl (C=O) groups excluding carboxylic acids is 1. The minimum Gasteiger partial charge on any atom is -0.493 e. The molecule has 0 aromatic heterocycles. The fourth-order valence-corrected chi connectivity index (χ4v) is 4.07. The molecule has 1 amide bonds. The highest BCUT2D eigenvalue weighted by atomic mass is 32.2. The third-order valence-electron chi connectivity index (χ3n) is 4.84. The van der Waals surface area contributed by atoms with Gasteiger partial charge in [0.1, 0.15) is 12.3 Å². The predicted octanol–water partition coefficient (Wildman–Crippen LogP) is 3.75. The van der Waals surface area contributed by atoms with Gasteiger partial charge in [-0.25, -0.2) is 17.2 Å². The summed E-state index contributed by atoms with van der Waals surface area (Å²) in [5.41, 5.74) is 0.134. The molecule has 3 aromatic carbocycles. The van der Waals surface area contributed by atoms with E-state index in [1.165, 1.54) is 31.4 Å². The van der Waals surface area contributed by atoms with Gasteiger partial charge < -0.3 is 14.8 Å². The zero-order chi connectivity index (χ0) is 24.7. The van der Waals surface area contributed by atoms with Crippen molar-refractivity contribution in [2.24, 2.45) is 0 Å². The van der Waals surface area contributed by atoms with E-state index in [4.69, 9.17) is 9.47 Å². The molecule has 0 spiro atoms. The topological polar surface area (TPSA) is 84.9 Å². The van der Waals surface area contributed by atoms with Gasteiger partial charge in [0.15, 0.2) is 23.1 Å². The first-order valence-corrected chi connectivity index (χ1v) is 12.1. The molecule has 3 rings (SSSR count). The Hall–Kier alpha value is -3.66. The fourth-order valence-electron chi connectivity index (χ4n) is 3.18. The van der Waals surface area contributed by atoms with Gasteiger partial charge in [0.25, 0.3) is 5.91 Å². The SMILES string of the molecule is COc1ccccc1OCCNC(=O)c1ccc(CN(c2c(F)cccc2F)S(C)(=O)=O)cc1. The molecule has 0 saturated carbocycles. The molecule has 7 nitrogen and oxygen atoms in total. The summed E-state index contributed by atoms with van der Waals surface area (Å²) in [6, 6.07) is 16.3. The summed E-state index contributed by atoms with van der Waals surface area (Å²) in [4.78, 5) is 12.4. The van der Waals surface area contributed by atoms with Crippen LogP contribution >= 0.6 is 0 Å². The lowest BCUT2D eigenvalue weighted by Gasteiger charge is -2.23. The average Bonchev–Trinajstić information content (AvgIpc) is 2.81. The van der Waals surface area contributed by atoms with E-state index in [9.17, 15) is 22.0 Å². The number of halogens is 2. The van der Waals surface area contributed by atoms with Crippen LogP contribution in [0.4, 0.5) is 14.5 Å². The second kappa shape index (κ2) is 11.0. The fraction of sp³-hybridized carbons (Fsp3) is 0.208. The first-order chi connectivity index (χ1) is 16.2. The van der Waals surface area contributed by atoms with Crippen LogP contribution in [0, 0.1) is 11.6 Å². The molecule has 0 aliphatic heterocycles. The van der Waals surface area contributed by atoms with E-state index >= 15 is 0 Å². The lowest BCUT2D eigenvalue weighted by atomic mass is 10.1. The van der Waals surface area contributed by atoms with Crippen LogP contribution in [-0.4, -0.2) is 40.8 Å². The van der Waals surface area contributed by atoms with Crippen LogP contribution in [0.5, 0.6) is 11.5 Å². The zero-order valence-electron chi connectivity index (χ0n) is 18.6. The van der Waals surface area contributed by atoms with Crippen molar-refractivity contribution in [1.82, 2.24) is 5.32 Å². The molecule has 3 aromatic rings. The van der Waals surface area contributed by atoms with Gasteiger partial charge in [-0.3, -0.25) is 9.10 Å². The molecule has 0 bridgehead atoms. The van der Waals surface area contributed by atoms with Crippen molar-refractivity contribution in [2.45, 2.75) is 6.54 Å². The number of rotatable bonds is 10. The molecule has 0 fully saturated rings. The number of para-hydroxylation sites is 3. The number of nitrogens with one attached hydrogen (secondary N) is 1. The first kappa shape index (κ1) is 25.0. The maximum Gasteiger partial charge on any atom is 0.251 e. The Morgan fingerprint density at radius 1 is 0.941 bits per heavy atom. The van der Waals surface area contributed by atoms with E-state index in [-0.39, 0.29) is 25.6 Å². The summed E-state index contributed by atoms with van der Waals surface area (Å²) in [7, 11) is -2.44. The van der Waals surface area contributed by atoms with Crippen molar-refractivity contribution in [1.29, 1.82) is 0 Å². The Labute approximate surface area is 197 Å². The Bertz CT molecular complexity index is 1230.